The van der Waals surface area contributed by atoms with Crippen LogP contribution in [0.5, 0.6) is 0 Å². The first-order valence-corrected chi connectivity index (χ1v) is 8.43. The Bertz CT molecular complexity index is 660. The number of amides is 1. The molecule has 2 aliphatic heterocycles. The fourth-order valence-corrected chi connectivity index (χ4v) is 3.23. The summed E-state index contributed by atoms with van der Waals surface area (Å²) in [6.07, 6.45) is 1.25. The van der Waals surface area contributed by atoms with Crippen molar-refractivity contribution in [1.29, 1.82) is 0 Å². The molecule has 2 heterocycles. The van der Waals surface area contributed by atoms with E-state index in [4.69, 9.17) is 4.84 Å². The average molecular weight is 354 g/mol. The van der Waals surface area contributed by atoms with Gasteiger partial charge in [-0.3, -0.25) is 4.79 Å². The first-order chi connectivity index (χ1) is 11.8. The molecule has 1 saturated heterocycles. The van der Waals surface area contributed by atoms with Crippen LogP contribution in [0.4, 0.5) is 13.2 Å². The number of hydrogen-bond acceptors (Lipinski definition) is 3. The second-order valence-electron chi connectivity index (χ2n) is 6.95. The lowest BCUT2D eigenvalue weighted by Crippen LogP contribution is -2.47. The maximum absolute atomic E-state index is 13.0. The molecule has 2 aliphatic rings. The lowest BCUT2D eigenvalue weighted by atomic mass is 9.85. The zero-order valence-corrected chi connectivity index (χ0v) is 14.1. The van der Waals surface area contributed by atoms with Crippen molar-refractivity contribution in [2.75, 3.05) is 13.1 Å². The predicted octanol–water partition coefficient (Wildman–Crippen LogP) is 3.75. The highest BCUT2D eigenvalue weighted by Crippen LogP contribution is 2.36. The summed E-state index contributed by atoms with van der Waals surface area (Å²) in [4.78, 5) is 19.3. The van der Waals surface area contributed by atoms with E-state index in [2.05, 4.69) is 5.16 Å². The molecule has 4 nitrogen and oxygen atoms in total. The van der Waals surface area contributed by atoms with Gasteiger partial charge in [-0.2, -0.15) is 0 Å². The number of rotatable bonds is 4. The number of halogens is 3. The fourth-order valence-electron chi connectivity index (χ4n) is 3.23. The standard InChI is InChI=1S/C18H21F3N2O2/c1-17(20,21)7-6-16(24)23-10-8-18(9-11-23)12-15(22-25-18)13-2-4-14(19)5-3-13/h2-5H,6-12H2,1H3. The average Bonchev–Trinajstić information content (AvgIpc) is 2.97. The summed E-state index contributed by atoms with van der Waals surface area (Å²) in [6, 6.07) is 6.10. The van der Waals surface area contributed by atoms with Crippen LogP contribution in [-0.4, -0.2) is 41.1 Å². The number of carbonyl (C=O) groups is 1. The van der Waals surface area contributed by atoms with Crippen molar-refractivity contribution in [2.24, 2.45) is 5.16 Å². The molecule has 1 fully saturated rings. The van der Waals surface area contributed by atoms with Crippen LogP contribution >= 0.6 is 0 Å². The van der Waals surface area contributed by atoms with Gasteiger partial charge in [-0.1, -0.05) is 17.3 Å². The van der Waals surface area contributed by atoms with Crippen LogP contribution in [0.2, 0.25) is 0 Å². The van der Waals surface area contributed by atoms with E-state index < -0.39 is 17.9 Å². The Labute approximate surface area is 144 Å². The van der Waals surface area contributed by atoms with E-state index in [1.165, 1.54) is 12.1 Å². The van der Waals surface area contributed by atoms with Crippen molar-refractivity contribution < 1.29 is 22.8 Å². The number of oxime groups is 1. The number of benzene rings is 1. The summed E-state index contributed by atoms with van der Waals surface area (Å²) in [5, 5.41) is 4.14. The number of alkyl halides is 2. The molecule has 1 amide bonds. The van der Waals surface area contributed by atoms with Crippen LogP contribution in [0.15, 0.2) is 29.4 Å². The zero-order valence-electron chi connectivity index (χ0n) is 14.1. The van der Waals surface area contributed by atoms with Crippen LogP contribution in [-0.2, 0) is 9.63 Å². The van der Waals surface area contributed by atoms with E-state index in [1.807, 2.05) is 0 Å². The monoisotopic (exact) mass is 354 g/mol. The van der Waals surface area contributed by atoms with Gasteiger partial charge in [0.15, 0.2) is 0 Å². The second kappa shape index (κ2) is 6.69. The van der Waals surface area contributed by atoms with Gasteiger partial charge in [-0.25, -0.2) is 13.2 Å². The van der Waals surface area contributed by atoms with Gasteiger partial charge >= 0.3 is 0 Å². The third-order valence-corrected chi connectivity index (χ3v) is 4.82. The van der Waals surface area contributed by atoms with Crippen LogP contribution in [0.1, 0.15) is 44.6 Å². The topological polar surface area (TPSA) is 41.9 Å². The number of hydrogen-bond donors (Lipinski definition) is 0. The SMILES string of the molecule is CC(F)(F)CCC(=O)N1CCC2(CC1)CC(c1ccc(F)cc1)=NO2. The molecule has 0 bridgehead atoms. The Balaban J connectivity index is 1.53. The molecule has 0 aliphatic carbocycles. The molecule has 1 spiro atoms. The van der Waals surface area contributed by atoms with Gasteiger partial charge in [0.25, 0.3) is 0 Å². The Morgan fingerprint density at radius 2 is 1.92 bits per heavy atom. The molecule has 0 radical (unpaired) electrons. The third kappa shape index (κ3) is 4.32. The quantitative estimate of drug-likeness (QED) is 0.826. The maximum Gasteiger partial charge on any atom is 0.245 e. The van der Waals surface area contributed by atoms with Crippen molar-refractivity contribution >= 4 is 11.6 Å². The van der Waals surface area contributed by atoms with E-state index in [1.54, 1.807) is 17.0 Å². The summed E-state index contributed by atoms with van der Waals surface area (Å²) in [5.41, 5.74) is 1.14. The van der Waals surface area contributed by atoms with Gasteiger partial charge in [-0.15, -0.1) is 0 Å². The Hall–Kier alpha value is -2.05. The number of piperidine rings is 1. The van der Waals surface area contributed by atoms with Crippen LogP contribution in [0.3, 0.4) is 0 Å². The Morgan fingerprint density at radius 3 is 2.52 bits per heavy atom. The molecule has 0 atom stereocenters. The van der Waals surface area contributed by atoms with Crippen molar-refractivity contribution in [3.8, 4) is 0 Å². The number of nitrogens with zero attached hydrogens (tertiary/aromatic N) is 2. The summed E-state index contributed by atoms with van der Waals surface area (Å²) < 4.78 is 38.8. The van der Waals surface area contributed by atoms with E-state index in [9.17, 15) is 18.0 Å². The summed E-state index contributed by atoms with van der Waals surface area (Å²) >= 11 is 0. The van der Waals surface area contributed by atoms with Gasteiger partial charge < -0.3 is 9.74 Å². The van der Waals surface area contributed by atoms with Crippen LogP contribution < -0.4 is 0 Å². The Kier molecular flexibility index (Phi) is 4.75. The molecular weight excluding hydrogens is 333 g/mol. The molecule has 1 aromatic carbocycles. The van der Waals surface area contributed by atoms with Gasteiger partial charge in [0.1, 0.15) is 11.4 Å². The summed E-state index contributed by atoms with van der Waals surface area (Å²) in [5.74, 6) is -3.37. The third-order valence-electron chi connectivity index (χ3n) is 4.82. The molecule has 0 N–H and O–H groups in total. The number of likely N-dealkylation sites (tertiary alicyclic amines) is 1. The molecule has 0 saturated carbocycles. The van der Waals surface area contributed by atoms with Crippen molar-refractivity contribution in [1.82, 2.24) is 4.90 Å². The lowest BCUT2D eigenvalue weighted by molar-refractivity contribution is -0.138. The van der Waals surface area contributed by atoms with Crippen LogP contribution in [0, 0.1) is 5.82 Å². The van der Waals surface area contributed by atoms with Gasteiger partial charge in [0.05, 0.1) is 5.71 Å². The first kappa shape index (κ1) is 17.8. The highest BCUT2D eigenvalue weighted by Gasteiger charge is 2.43. The lowest BCUT2D eigenvalue weighted by Gasteiger charge is -2.37. The van der Waals surface area contributed by atoms with Gasteiger partial charge in [0, 0.05) is 45.2 Å². The maximum atomic E-state index is 13.0. The van der Waals surface area contributed by atoms with Gasteiger partial charge in [0.2, 0.25) is 11.8 Å². The minimum Gasteiger partial charge on any atom is -0.388 e. The molecule has 0 aromatic heterocycles. The molecule has 1 aromatic rings. The van der Waals surface area contributed by atoms with Crippen molar-refractivity contribution in [2.45, 2.75) is 50.6 Å². The minimum atomic E-state index is -2.82. The second-order valence-corrected chi connectivity index (χ2v) is 6.95. The van der Waals surface area contributed by atoms with Crippen molar-refractivity contribution in [3.05, 3.63) is 35.6 Å². The smallest absolute Gasteiger partial charge is 0.245 e. The normalized spacial score (nSPS) is 19.7. The molecule has 0 unspecified atom stereocenters. The highest BCUT2D eigenvalue weighted by atomic mass is 19.3. The van der Waals surface area contributed by atoms with E-state index >= 15 is 0 Å². The predicted molar refractivity (Wildman–Crippen MR) is 87.0 cm³/mol. The molecule has 25 heavy (non-hydrogen) atoms. The summed E-state index contributed by atoms with van der Waals surface area (Å²) in [7, 11) is 0. The largest absolute Gasteiger partial charge is 0.388 e. The molecule has 7 heteroatoms. The first-order valence-electron chi connectivity index (χ1n) is 8.43. The minimum absolute atomic E-state index is 0.144. The highest BCUT2D eigenvalue weighted by molar-refractivity contribution is 6.01. The van der Waals surface area contributed by atoms with Crippen LogP contribution in [0.25, 0.3) is 0 Å². The molecule has 3 rings (SSSR count). The Morgan fingerprint density at radius 1 is 1.28 bits per heavy atom. The van der Waals surface area contributed by atoms with E-state index in [0.717, 1.165) is 18.2 Å². The summed E-state index contributed by atoms with van der Waals surface area (Å²) in [6.45, 7) is 1.77. The number of carbonyl (C=O) groups excluding carboxylic acids is 1. The molecular formula is C18H21F3N2O2. The van der Waals surface area contributed by atoms with E-state index in [-0.39, 0.29) is 18.1 Å². The fraction of sp³-hybridized carbons (Fsp3) is 0.556. The van der Waals surface area contributed by atoms with Crippen molar-refractivity contribution in [3.63, 3.8) is 0 Å². The van der Waals surface area contributed by atoms with E-state index in [0.29, 0.717) is 32.4 Å². The molecule has 136 valence electrons. The van der Waals surface area contributed by atoms with Gasteiger partial charge in [-0.05, 0) is 24.6 Å². The zero-order chi connectivity index (χ0) is 18.1.